The van der Waals surface area contributed by atoms with E-state index >= 15 is 0 Å². The van der Waals surface area contributed by atoms with Gasteiger partial charge in [0.2, 0.25) is 0 Å². The third-order valence-corrected chi connectivity index (χ3v) is 4.32. The molecule has 1 atom stereocenters. The molecule has 1 aromatic heterocycles. The fourth-order valence-electron chi connectivity index (χ4n) is 2.52. The van der Waals surface area contributed by atoms with Gasteiger partial charge in [-0.05, 0) is 12.0 Å². The molecule has 118 valence electrons. The quantitative estimate of drug-likeness (QED) is 0.487. The maximum absolute atomic E-state index is 5.98. The maximum atomic E-state index is 5.98. The van der Waals surface area contributed by atoms with Gasteiger partial charge in [-0.25, -0.2) is 0 Å². The number of unbranched alkanes of at least 4 members (excludes halogenated alkanes) is 4. The molecular formula is C16H23Cl2NO2. The van der Waals surface area contributed by atoms with Crippen LogP contribution in [-0.2, 0) is 23.1 Å². The average Bonchev–Trinajstić information content (AvgIpc) is 2.53. The molecule has 5 heteroatoms. The first-order valence-electron chi connectivity index (χ1n) is 7.70. The molecule has 0 spiro atoms. The van der Waals surface area contributed by atoms with Gasteiger partial charge in [0.1, 0.15) is 0 Å². The van der Waals surface area contributed by atoms with Gasteiger partial charge in [0.15, 0.2) is 12.0 Å². The van der Waals surface area contributed by atoms with Crippen molar-refractivity contribution in [3.05, 3.63) is 23.0 Å². The maximum Gasteiger partial charge on any atom is 0.200 e. The SMILES string of the molecule is CCCCCCCC1OCc2c(CCl)cnc(CCl)c2O1. The summed E-state index contributed by atoms with van der Waals surface area (Å²) in [5.74, 6) is 1.54. The lowest BCUT2D eigenvalue weighted by Gasteiger charge is -2.28. The number of aromatic nitrogens is 1. The molecule has 3 nitrogen and oxygen atoms in total. The molecule has 1 aliphatic heterocycles. The number of pyridine rings is 1. The second kappa shape index (κ2) is 8.82. The predicted molar refractivity (Wildman–Crippen MR) is 85.9 cm³/mol. The topological polar surface area (TPSA) is 31.4 Å². The third kappa shape index (κ3) is 4.48. The van der Waals surface area contributed by atoms with Crippen molar-refractivity contribution in [3.8, 4) is 5.75 Å². The molecule has 0 bridgehead atoms. The van der Waals surface area contributed by atoms with Gasteiger partial charge >= 0.3 is 0 Å². The number of halogens is 2. The molecule has 2 rings (SSSR count). The Bertz CT molecular complexity index is 454. The lowest BCUT2D eigenvalue weighted by atomic mass is 10.1. The molecule has 0 amide bonds. The minimum atomic E-state index is -0.187. The van der Waals surface area contributed by atoms with E-state index in [1.165, 1.54) is 25.7 Å². The number of fused-ring (bicyclic) bond motifs is 1. The van der Waals surface area contributed by atoms with E-state index in [9.17, 15) is 0 Å². The molecule has 0 saturated carbocycles. The van der Waals surface area contributed by atoms with Crippen LogP contribution >= 0.6 is 23.2 Å². The van der Waals surface area contributed by atoms with Crippen molar-refractivity contribution in [1.29, 1.82) is 0 Å². The largest absolute Gasteiger partial charge is 0.463 e. The Morgan fingerprint density at radius 2 is 2.00 bits per heavy atom. The zero-order valence-corrected chi connectivity index (χ0v) is 14.1. The molecule has 21 heavy (non-hydrogen) atoms. The number of ether oxygens (including phenoxy) is 2. The van der Waals surface area contributed by atoms with Gasteiger partial charge in [-0.15, -0.1) is 23.2 Å². The van der Waals surface area contributed by atoms with Gasteiger partial charge < -0.3 is 9.47 Å². The summed E-state index contributed by atoms with van der Waals surface area (Å²) in [7, 11) is 0. The van der Waals surface area contributed by atoms with E-state index in [2.05, 4.69) is 11.9 Å². The summed E-state index contributed by atoms with van der Waals surface area (Å²) < 4.78 is 11.8. The van der Waals surface area contributed by atoms with E-state index in [1.54, 1.807) is 6.20 Å². The Labute approximate surface area is 136 Å². The van der Waals surface area contributed by atoms with Crippen molar-refractivity contribution < 1.29 is 9.47 Å². The Hall–Kier alpha value is -0.510. The fourth-order valence-corrected chi connectivity index (χ4v) is 2.94. The van der Waals surface area contributed by atoms with Crippen molar-refractivity contribution in [2.24, 2.45) is 0 Å². The van der Waals surface area contributed by atoms with E-state index in [0.29, 0.717) is 18.4 Å². The molecule has 0 saturated heterocycles. The Kier molecular flexibility index (Phi) is 7.08. The summed E-state index contributed by atoms with van der Waals surface area (Å²) in [6, 6.07) is 0. The van der Waals surface area contributed by atoms with Crippen LogP contribution in [0.2, 0.25) is 0 Å². The van der Waals surface area contributed by atoms with E-state index in [1.807, 2.05) is 0 Å². The lowest BCUT2D eigenvalue weighted by molar-refractivity contribution is -0.113. The molecule has 0 aliphatic carbocycles. The van der Waals surface area contributed by atoms with Crippen LogP contribution in [0.5, 0.6) is 5.75 Å². The number of hydrogen-bond acceptors (Lipinski definition) is 3. The molecule has 1 aliphatic rings. The minimum absolute atomic E-state index is 0.187. The second-order valence-electron chi connectivity index (χ2n) is 5.37. The van der Waals surface area contributed by atoms with Crippen LogP contribution in [-0.4, -0.2) is 11.3 Å². The zero-order chi connectivity index (χ0) is 15.1. The predicted octanol–water partition coefficient (Wildman–Crippen LogP) is 5.15. The molecule has 2 heterocycles. The highest BCUT2D eigenvalue weighted by molar-refractivity contribution is 6.17. The number of nitrogens with zero attached hydrogens (tertiary/aromatic N) is 1. The zero-order valence-electron chi connectivity index (χ0n) is 12.5. The highest BCUT2D eigenvalue weighted by Gasteiger charge is 2.25. The summed E-state index contributed by atoms with van der Waals surface area (Å²) >= 11 is 11.9. The number of hydrogen-bond donors (Lipinski definition) is 0. The first-order chi connectivity index (χ1) is 10.3. The summed E-state index contributed by atoms with van der Waals surface area (Å²) in [6.07, 6.45) is 8.69. The average molecular weight is 332 g/mol. The van der Waals surface area contributed by atoms with Crippen LogP contribution in [0.3, 0.4) is 0 Å². The van der Waals surface area contributed by atoms with Crippen molar-refractivity contribution in [2.45, 2.75) is 70.1 Å². The standard InChI is InChI=1S/C16H23Cl2NO2/c1-2-3-4-5-6-7-15-20-11-13-12(8-17)10-19-14(9-18)16(13)21-15/h10,15H,2-9,11H2,1H3. The third-order valence-electron chi connectivity index (χ3n) is 3.78. The number of rotatable bonds is 8. The van der Waals surface area contributed by atoms with E-state index in [-0.39, 0.29) is 6.29 Å². The molecule has 0 N–H and O–H groups in total. The molecule has 1 aromatic rings. The summed E-state index contributed by atoms with van der Waals surface area (Å²) in [5, 5.41) is 0. The van der Waals surface area contributed by atoms with Gasteiger partial charge in [0, 0.05) is 24.1 Å². The van der Waals surface area contributed by atoms with Gasteiger partial charge in [-0.3, -0.25) is 4.98 Å². The molecule has 0 fully saturated rings. The van der Waals surface area contributed by atoms with Crippen molar-refractivity contribution in [1.82, 2.24) is 4.98 Å². The molecule has 0 aromatic carbocycles. The lowest BCUT2D eigenvalue weighted by Crippen LogP contribution is -2.27. The Morgan fingerprint density at radius 1 is 1.19 bits per heavy atom. The van der Waals surface area contributed by atoms with E-state index in [4.69, 9.17) is 32.7 Å². The summed E-state index contributed by atoms with van der Waals surface area (Å²) in [5.41, 5.74) is 2.74. The van der Waals surface area contributed by atoms with E-state index in [0.717, 1.165) is 35.4 Å². The first kappa shape index (κ1) is 16.9. The van der Waals surface area contributed by atoms with Crippen molar-refractivity contribution in [2.75, 3.05) is 0 Å². The molecule has 1 unspecified atom stereocenters. The van der Waals surface area contributed by atoms with Gasteiger partial charge in [0.25, 0.3) is 0 Å². The van der Waals surface area contributed by atoms with Crippen LogP contribution in [0, 0.1) is 0 Å². The van der Waals surface area contributed by atoms with Crippen molar-refractivity contribution >= 4 is 23.2 Å². The van der Waals surface area contributed by atoms with Crippen molar-refractivity contribution in [3.63, 3.8) is 0 Å². The van der Waals surface area contributed by atoms with Crippen LogP contribution in [0.4, 0.5) is 0 Å². The van der Waals surface area contributed by atoms with Crippen LogP contribution in [0.25, 0.3) is 0 Å². The summed E-state index contributed by atoms with van der Waals surface area (Å²) in [6.45, 7) is 2.75. The second-order valence-corrected chi connectivity index (χ2v) is 5.90. The molecule has 0 radical (unpaired) electrons. The van der Waals surface area contributed by atoms with Crippen LogP contribution < -0.4 is 4.74 Å². The fraction of sp³-hybridized carbons (Fsp3) is 0.688. The normalized spacial score (nSPS) is 17.4. The molecular weight excluding hydrogens is 309 g/mol. The van der Waals surface area contributed by atoms with Gasteiger partial charge in [0.05, 0.1) is 18.2 Å². The monoisotopic (exact) mass is 331 g/mol. The highest BCUT2D eigenvalue weighted by atomic mass is 35.5. The van der Waals surface area contributed by atoms with Gasteiger partial charge in [-0.1, -0.05) is 32.6 Å². The van der Waals surface area contributed by atoms with Crippen LogP contribution in [0.15, 0.2) is 6.20 Å². The van der Waals surface area contributed by atoms with Gasteiger partial charge in [-0.2, -0.15) is 0 Å². The van der Waals surface area contributed by atoms with Crippen LogP contribution in [0.1, 0.15) is 62.3 Å². The Morgan fingerprint density at radius 3 is 2.71 bits per heavy atom. The van der Waals surface area contributed by atoms with E-state index < -0.39 is 0 Å². The Balaban J connectivity index is 1.95. The smallest absolute Gasteiger partial charge is 0.200 e. The first-order valence-corrected chi connectivity index (χ1v) is 8.76. The summed E-state index contributed by atoms with van der Waals surface area (Å²) in [4.78, 5) is 4.34. The minimum Gasteiger partial charge on any atom is -0.463 e. The number of alkyl halides is 2. The highest BCUT2D eigenvalue weighted by Crippen LogP contribution is 2.34.